The molecule has 4 atom stereocenters. The van der Waals surface area contributed by atoms with E-state index in [0.717, 1.165) is 51.4 Å². The van der Waals surface area contributed by atoms with E-state index >= 15 is 0 Å². The van der Waals surface area contributed by atoms with Crippen LogP contribution >= 0.6 is 0 Å². The van der Waals surface area contributed by atoms with Gasteiger partial charge in [0.05, 0.1) is 23.7 Å². The maximum Gasteiger partial charge on any atom is 0.316 e. The van der Waals surface area contributed by atoms with Crippen LogP contribution in [0.15, 0.2) is 0 Å². The molecule has 2 aliphatic heterocycles. The molecule has 0 radical (unpaired) electrons. The number of carbonyl (C=O) groups is 4. The van der Waals surface area contributed by atoms with Gasteiger partial charge >= 0.3 is 23.9 Å². The normalized spacial score (nSPS) is 36.7. The molecule has 120 valence electrons. The van der Waals surface area contributed by atoms with Gasteiger partial charge in [0, 0.05) is 0 Å². The number of esters is 4. The van der Waals surface area contributed by atoms with Crippen molar-refractivity contribution < 1.29 is 28.7 Å². The van der Waals surface area contributed by atoms with Gasteiger partial charge in [-0.3, -0.25) is 19.2 Å². The predicted molar refractivity (Wildman–Crippen MR) is 73.1 cm³/mol. The molecule has 6 heteroatoms. The van der Waals surface area contributed by atoms with Crippen molar-refractivity contribution in [2.75, 3.05) is 0 Å². The molecule has 0 unspecified atom stereocenters. The molecule has 6 nitrogen and oxygen atoms in total. The van der Waals surface area contributed by atoms with Gasteiger partial charge in [0.2, 0.25) is 0 Å². The standard InChI is InChI=1S/2C8H10O3/c2*9-7-5-2-1-3-6(4-5)8(10)11-7/h2*5-6H,1-4H2/t2*5-,6+. The molecule has 0 N–H and O–H groups in total. The van der Waals surface area contributed by atoms with Gasteiger partial charge in [0.15, 0.2) is 0 Å². The van der Waals surface area contributed by atoms with Crippen LogP contribution in [0.1, 0.15) is 51.4 Å². The van der Waals surface area contributed by atoms with Crippen LogP contribution < -0.4 is 0 Å². The summed E-state index contributed by atoms with van der Waals surface area (Å²) in [7, 11) is 0. The molecule has 0 aromatic carbocycles. The van der Waals surface area contributed by atoms with E-state index in [0.29, 0.717) is 0 Å². The minimum Gasteiger partial charge on any atom is -0.393 e. The molecule has 0 aromatic heterocycles. The quantitative estimate of drug-likeness (QED) is 0.500. The summed E-state index contributed by atoms with van der Waals surface area (Å²) in [4.78, 5) is 43.9. The molecule has 2 saturated carbocycles. The van der Waals surface area contributed by atoms with Crippen LogP contribution in [0.4, 0.5) is 0 Å². The van der Waals surface area contributed by atoms with Crippen LogP contribution in [-0.4, -0.2) is 23.9 Å². The molecule has 2 saturated heterocycles. The third kappa shape index (κ3) is 3.05. The number of carbonyl (C=O) groups excluding carboxylic acids is 4. The second-order valence-electron chi connectivity index (χ2n) is 6.60. The number of ether oxygens (including phenoxy) is 2. The second-order valence-corrected chi connectivity index (χ2v) is 6.60. The lowest BCUT2D eigenvalue weighted by Crippen LogP contribution is -2.37. The van der Waals surface area contributed by atoms with Gasteiger partial charge in [-0.1, -0.05) is 12.8 Å². The van der Waals surface area contributed by atoms with E-state index in [4.69, 9.17) is 0 Å². The average Bonchev–Trinajstić information content (AvgIpc) is 2.53. The van der Waals surface area contributed by atoms with Crippen molar-refractivity contribution in [2.45, 2.75) is 51.4 Å². The molecule has 2 aliphatic carbocycles. The lowest BCUT2D eigenvalue weighted by molar-refractivity contribution is -0.176. The van der Waals surface area contributed by atoms with Crippen molar-refractivity contribution in [3.63, 3.8) is 0 Å². The number of rotatable bonds is 0. The molecule has 0 aromatic rings. The number of cyclic esters (lactones) is 4. The maximum absolute atomic E-state index is 11.0. The summed E-state index contributed by atoms with van der Waals surface area (Å²) in [6, 6.07) is 0. The largest absolute Gasteiger partial charge is 0.393 e. The second kappa shape index (κ2) is 6.18. The summed E-state index contributed by atoms with van der Waals surface area (Å²) < 4.78 is 9.15. The number of hydrogen-bond acceptors (Lipinski definition) is 6. The molecule has 4 bridgehead atoms. The van der Waals surface area contributed by atoms with Crippen molar-refractivity contribution in [3.8, 4) is 0 Å². The Morgan fingerprint density at radius 2 is 0.818 bits per heavy atom. The first-order valence-electron chi connectivity index (χ1n) is 8.05. The summed E-state index contributed by atoms with van der Waals surface area (Å²) in [6.07, 6.45) is 7.08. The molecule has 0 spiro atoms. The maximum atomic E-state index is 11.0. The summed E-state index contributed by atoms with van der Waals surface area (Å²) in [5, 5.41) is 0. The molecule has 4 rings (SSSR count). The summed E-state index contributed by atoms with van der Waals surface area (Å²) >= 11 is 0. The Morgan fingerprint density at radius 3 is 1.09 bits per heavy atom. The van der Waals surface area contributed by atoms with E-state index < -0.39 is 0 Å². The van der Waals surface area contributed by atoms with Crippen molar-refractivity contribution in [1.29, 1.82) is 0 Å². The fourth-order valence-electron chi connectivity index (χ4n) is 3.77. The fraction of sp³-hybridized carbons (Fsp3) is 0.750. The van der Waals surface area contributed by atoms with Crippen molar-refractivity contribution in [3.05, 3.63) is 0 Å². The van der Waals surface area contributed by atoms with E-state index in [2.05, 4.69) is 9.47 Å². The zero-order chi connectivity index (χ0) is 15.7. The average molecular weight is 308 g/mol. The van der Waals surface area contributed by atoms with Crippen LogP contribution in [-0.2, 0) is 28.7 Å². The Bertz CT molecular complexity index is 425. The fourth-order valence-corrected chi connectivity index (χ4v) is 3.77. The third-order valence-corrected chi connectivity index (χ3v) is 5.08. The monoisotopic (exact) mass is 308 g/mol. The summed E-state index contributed by atoms with van der Waals surface area (Å²) in [5.41, 5.74) is 0. The molecule has 0 amide bonds. The van der Waals surface area contributed by atoms with Crippen LogP contribution in [0.5, 0.6) is 0 Å². The highest BCUT2D eigenvalue weighted by atomic mass is 16.6. The molecule has 4 fully saturated rings. The highest BCUT2D eigenvalue weighted by molar-refractivity contribution is 5.91. The van der Waals surface area contributed by atoms with E-state index in [1.807, 2.05) is 0 Å². The van der Waals surface area contributed by atoms with Crippen LogP contribution in [0.25, 0.3) is 0 Å². The Morgan fingerprint density at radius 1 is 0.545 bits per heavy atom. The Kier molecular flexibility index (Phi) is 4.27. The lowest BCUT2D eigenvalue weighted by atomic mass is 9.80. The minimum absolute atomic E-state index is 0.0199. The van der Waals surface area contributed by atoms with Gasteiger partial charge < -0.3 is 9.47 Å². The Labute approximate surface area is 128 Å². The van der Waals surface area contributed by atoms with E-state index in [-0.39, 0.29) is 47.5 Å². The van der Waals surface area contributed by atoms with Crippen LogP contribution in [0.3, 0.4) is 0 Å². The SMILES string of the molecule is O=C1OC(=O)[C@H]2CCC[C@@H]1C2.O=C1OC(=O)[C@H]2CCC[C@@H]1C2. The number of hydrogen-bond donors (Lipinski definition) is 0. The lowest BCUT2D eigenvalue weighted by Gasteiger charge is -2.30. The molecular weight excluding hydrogens is 288 g/mol. The third-order valence-electron chi connectivity index (χ3n) is 5.08. The van der Waals surface area contributed by atoms with Gasteiger partial charge in [-0.15, -0.1) is 0 Å². The Hall–Kier alpha value is -1.72. The first kappa shape index (κ1) is 15.2. The van der Waals surface area contributed by atoms with Crippen LogP contribution in [0.2, 0.25) is 0 Å². The zero-order valence-electron chi connectivity index (χ0n) is 12.4. The summed E-state index contributed by atoms with van der Waals surface area (Å²) in [6.45, 7) is 0. The van der Waals surface area contributed by atoms with E-state index in [1.165, 1.54) is 0 Å². The zero-order valence-corrected chi connectivity index (χ0v) is 12.4. The molecule has 4 aliphatic rings. The van der Waals surface area contributed by atoms with Gasteiger partial charge in [-0.2, -0.15) is 0 Å². The minimum atomic E-state index is -0.300. The van der Waals surface area contributed by atoms with Gasteiger partial charge in [0.25, 0.3) is 0 Å². The first-order valence-corrected chi connectivity index (χ1v) is 8.05. The topological polar surface area (TPSA) is 86.7 Å². The van der Waals surface area contributed by atoms with E-state index in [1.54, 1.807) is 0 Å². The van der Waals surface area contributed by atoms with E-state index in [9.17, 15) is 19.2 Å². The molecule has 2 heterocycles. The van der Waals surface area contributed by atoms with Crippen molar-refractivity contribution in [2.24, 2.45) is 23.7 Å². The van der Waals surface area contributed by atoms with Gasteiger partial charge in [-0.05, 0) is 38.5 Å². The molecular formula is C16H20O6. The van der Waals surface area contributed by atoms with Crippen LogP contribution in [0, 0.1) is 23.7 Å². The Balaban J connectivity index is 0.000000131. The highest BCUT2D eigenvalue weighted by Gasteiger charge is 2.40. The first-order chi connectivity index (χ1) is 10.5. The van der Waals surface area contributed by atoms with Crippen molar-refractivity contribution >= 4 is 23.9 Å². The molecule has 22 heavy (non-hydrogen) atoms. The van der Waals surface area contributed by atoms with Gasteiger partial charge in [0.1, 0.15) is 0 Å². The summed E-state index contributed by atoms with van der Waals surface area (Å²) in [5.74, 6) is -1.12. The highest BCUT2D eigenvalue weighted by Crippen LogP contribution is 2.35. The smallest absolute Gasteiger partial charge is 0.316 e. The van der Waals surface area contributed by atoms with Crippen molar-refractivity contribution in [1.82, 2.24) is 0 Å². The predicted octanol–water partition coefficient (Wildman–Crippen LogP) is 1.75. The van der Waals surface area contributed by atoms with Gasteiger partial charge in [-0.25, -0.2) is 0 Å². The number of fused-ring (bicyclic) bond motifs is 4.